The second kappa shape index (κ2) is 12.4. The number of primary amides is 1. The van der Waals surface area contributed by atoms with Crippen LogP contribution in [0.4, 0.5) is 11.5 Å². The molecule has 10 heteroatoms. The molecule has 2 aliphatic rings. The largest absolute Gasteiger partial charge is 0.460 e. The summed E-state index contributed by atoms with van der Waals surface area (Å²) in [6, 6.07) is 19.0. The van der Waals surface area contributed by atoms with Crippen LogP contribution in [0, 0.1) is 0 Å². The molecule has 10 nitrogen and oxygen atoms in total. The molecule has 2 aliphatic heterocycles. The zero-order chi connectivity index (χ0) is 30.7. The molecule has 4 N–H and O–H groups in total. The number of carbonyl (C=O) groups is 3. The van der Waals surface area contributed by atoms with Crippen LogP contribution in [0.1, 0.15) is 55.1 Å². The fourth-order valence-electron chi connectivity index (χ4n) is 5.73. The van der Waals surface area contributed by atoms with E-state index >= 15 is 0 Å². The average molecular weight is 585 g/mol. The fraction of sp³-hybridized carbons (Fsp3) is 0.394. The van der Waals surface area contributed by atoms with Gasteiger partial charge in [-0.25, -0.2) is 4.98 Å². The molecular formula is C33H40N6O4. The summed E-state index contributed by atoms with van der Waals surface area (Å²) in [7, 11) is 0. The molecule has 0 saturated carbocycles. The zero-order valence-corrected chi connectivity index (χ0v) is 25.1. The van der Waals surface area contributed by atoms with Crippen molar-refractivity contribution in [2.24, 2.45) is 5.73 Å². The van der Waals surface area contributed by atoms with E-state index in [2.05, 4.69) is 39.0 Å². The molecule has 0 radical (unpaired) electrons. The number of ether oxygens (including phenoxy) is 1. The number of anilines is 2. The van der Waals surface area contributed by atoms with Gasteiger partial charge in [0.2, 0.25) is 5.91 Å². The number of nitrogens with two attached hydrogens (primary N) is 2. The van der Waals surface area contributed by atoms with Gasteiger partial charge in [0, 0.05) is 68.6 Å². The van der Waals surface area contributed by atoms with E-state index in [-0.39, 0.29) is 25.3 Å². The van der Waals surface area contributed by atoms with Crippen LogP contribution >= 0.6 is 0 Å². The number of aromatic nitrogens is 1. The van der Waals surface area contributed by atoms with E-state index in [1.165, 1.54) is 10.5 Å². The van der Waals surface area contributed by atoms with Crippen molar-refractivity contribution in [3.63, 3.8) is 0 Å². The minimum atomic E-state index is -0.923. The molecule has 5 rings (SSSR count). The summed E-state index contributed by atoms with van der Waals surface area (Å²) in [5.74, 6) is -0.959. The van der Waals surface area contributed by atoms with Crippen molar-refractivity contribution in [3.8, 4) is 11.3 Å². The maximum Gasteiger partial charge on any atom is 0.306 e. The number of amides is 2. The number of carbonyl (C=O) groups excluding carboxylic acids is 3. The van der Waals surface area contributed by atoms with Crippen LogP contribution in [-0.2, 0) is 27.4 Å². The second-order valence-electron chi connectivity index (χ2n) is 12.2. The molecule has 3 aromatic rings. The van der Waals surface area contributed by atoms with E-state index in [9.17, 15) is 14.4 Å². The first kappa shape index (κ1) is 30.0. The fourth-order valence-corrected chi connectivity index (χ4v) is 5.73. The lowest BCUT2D eigenvalue weighted by molar-refractivity contribution is -0.155. The smallest absolute Gasteiger partial charge is 0.306 e. The van der Waals surface area contributed by atoms with Crippen LogP contribution in [0.15, 0.2) is 60.7 Å². The van der Waals surface area contributed by atoms with Crippen molar-refractivity contribution in [2.75, 3.05) is 36.8 Å². The number of hydrogen-bond donors (Lipinski definition) is 2. The van der Waals surface area contributed by atoms with Crippen LogP contribution in [0.3, 0.4) is 0 Å². The molecule has 226 valence electrons. The summed E-state index contributed by atoms with van der Waals surface area (Å²) < 4.78 is 5.36. The molecule has 0 unspecified atom stereocenters. The Kier molecular flexibility index (Phi) is 8.68. The van der Waals surface area contributed by atoms with Crippen LogP contribution in [0.2, 0.25) is 0 Å². The highest BCUT2D eigenvalue weighted by atomic mass is 16.6. The Bertz CT molecular complexity index is 1490. The number of piperazine rings is 1. The standard InChI is InChI=1S/C33H40N6O4/c1-33(2,3)43-30(40)12-11-28(31(35)41)39-21-24-17-23(9-10-26(24)32(39)42)27-18-25(19-29(34)36-27)38-15-13-37(14-16-38)20-22-7-5-4-6-8-22/h4-10,17-19,28H,11-16,20-21H2,1-3H3,(H2,34,36)(H2,35,41)/t28-/m0/s1. The molecule has 3 heterocycles. The summed E-state index contributed by atoms with van der Waals surface area (Å²) in [4.78, 5) is 48.7. The van der Waals surface area contributed by atoms with E-state index < -0.39 is 23.5 Å². The third-order valence-electron chi connectivity index (χ3n) is 7.80. The molecule has 2 amide bonds. The number of fused-ring (bicyclic) bond motifs is 1. The predicted molar refractivity (Wildman–Crippen MR) is 166 cm³/mol. The highest BCUT2D eigenvalue weighted by Gasteiger charge is 2.36. The van der Waals surface area contributed by atoms with Gasteiger partial charge in [-0.05, 0) is 56.5 Å². The first-order valence-electron chi connectivity index (χ1n) is 14.7. The zero-order valence-electron chi connectivity index (χ0n) is 25.1. The Hall–Kier alpha value is -4.44. The summed E-state index contributed by atoms with van der Waals surface area (Å²) >= 11 is 0. The van der Waals surface area contributed by atoms with Gasteiger partial charge in [-0.3, -0.25) is 19.3 Å². The Morgan fingerprint density at radius 1 is 1.00 bits per heavy atom. The van der Waals surface area contributed by atoms with E-state index in [0.29, 0.717) is 17.1 Å². The molecule has 43 heavy (non-hydrogen) atoms. The van der Waals surface area contributed by atoms with Gasteiger partial charge in [-0.2, -0.15) is 0 Å². The van der Waals surface area contributed by atoms with Gasteiger partial charge in [-0.15, -0.1) is 0 Å². The van der Waals surface area contributed by atoms with Crippen molar-refractivity contribution >= 4 is 29.3 Å². The first-order chi connectivity index (χ1) is 20.5. The Labute approximate surface area is 252 Å². The Balaban J connectivity index is 1.27. The lowest BCUT2D eigenvalue weighted by atomic mass is 10.0. The second-order valence-corrected chi connectivity index (χ2v) is 12.2. The maximum atomic E-state index is 13.3. The topological polar surface area (TPSA) is 135 Å². The number of benzene rings is 2. The van der Waals surface area contributed by atoms with Crippen molar-refractivity contribution in [2.45, 2.75) is 58.3 Å². The molecule has 2 aromatic carbocycles. The Morgan fingerprint density at radius 3 is 2.40 bits per heavy atom. The van der Waals surface area contributed by atoms with Crippen LogP contribution in [-0.4, -0.2) is 70.4 Å². The van der Waals surface area contributed by atoms with Crippen molar-refractivity contribution < 1.29 is 19.1 Å². The SMILES string of the molecule is CC(C)(C)OC(=O)CC[C@@H](C(N)=O)N1Cc2cc(-c3cc(N4CCN(Cc5ccccc5)CC4)cc(N)n3)ccc2C1=O. The summed E-state index contributed by atoms with van der Waals surface area (Å²) in [6.07, 6.45) is 0.0718. The minimum Gasteiger partial charge on any atom is -0.460 e. The number of esters is 1. The lowest BCUT2D eigenvalue weighted by Gasteiger charge is -2.36. The summed E-state index contributed by atoms with van der Waals surface area (Å²) in [6.45, 7) is 10.1. The van der Waals surface area contributed by atoms with Crippen LogP contribution in [0.5, 0.6) is 0 Å². The highest BCUT2D eigenvalue weighted by Crippen LogP contribution is 2.32. The minimum absolute atomic E-state index is 0.0211. The number of pyridine rings is 1. The lowest BCUT2D eigenvalue weighted by Crippen LogP contribution is -2.46. The number of nitrogens with zero attached hydrogens (tertiary/aromatic N) is 4. The van der Waals surface area contributed by atoms with Gasteiger partial charge in [-0.1, -0.05) is 36.4 Å². The molecule has 1 aromatic heterocycles. The number of hydrogen-bond acceptors (Lipinski definition) is 8. The van der Waals surface area contributed by atoms with Gasteiger partial charge in [0.15, 0.2) is 0 Å². The molecule has 0 aliphatic carbocycles. The molecule has 1 saturated heterocycles. The summed E-state index contributed by atoms with van der Waals surface area (Å²) in [5.41, 5.74) is 16.4. The average Bonchev–Trinajstić information content (AvgIpc) is 3.28. The number of rotatable bonds is 9. The van der Waals surface area contributed by atoms with Crippen molar-refractivity contribution in [3.05, 3.63) is 77.4 Å². The third kappa shape index (κ3) is 7.32. The van der Waals surface area contributed by atoms with Gasteiger partial charge in [0.25, 0.3) is 5.91 Å². The quantitative estimate of drug-likeness (QED) is 0.365. The van der Waals surface area contributed by atoms with Gasteiger partial charge in [0.1, 0.15) is 17.5 Å². The molecule has 1 fully saturated rings. The van der Waals surface area contributed by atoms with Gasteiger partial charge >= 0.3 is 5.97 Å². The van der Waals surface area contributed by atoms with E-state index in [1.807, 2.05) is 30.3 Å². The molecular weight excluding hydrogens is 544 g/mol. The third-order valence-corrected chi connectivity index (χ3v) is 7.80. The van der Waals surface area contributed by atoms with E-state index in [4.69, 9.17) is 16.2 Å². The molecule has 1 atom stereocenters. The maximum absolute atomic E-state index is 13.3. The van der Waals surface area contributed by atoms with Crippen molar-refractivity contribution in [1.29, 1.82) is 0 Å². The molecule has 0 spiro atoms. The van der Waals surface area contributed by atoms with Gasteiger partial charge in [0.05, 0.1) is 5.69 Å². The monoisotopic (exact) mass is 584 g/mol. The predicted octanol–water partition coefficient (Wildman–Crippen LogP) is 3.58. The van der Waals surface area contributed by atoms with Crippen LogP contribution < -0.4 is 16.4 Å². The highest BCUT2D eigenvalue weighted by molar-refractivity contribution is 6.01. The van der Waals surface area contributed by atoms with E-state index in [1.54, 1.807) is 26.8 Å². The van der Waals surface area contributed by atoms with Crippen molar-refractivity contribution in [1.82, 2.24) is 14.8 Å². The normalized spacial score (nSPS) is 16.2. The van der Waals surface area contributed by atoms with Crippen LogP contribution in [0.25, 0.3) is 11.3 Å². The summed E-state index contributed by atoms with van der Waals surface area (Å²) in [5, 5.41) is 0. The Morgan fingerprint density at radius 2 is 1.72 bits per heavy atom. The first-order valence-corrected chi connectivity index (χ1v) is 14.7. The van der Waals surface area contributed by atoms with Gasteiger partial charge < -0.3 is 26.0 Å². The number of nitrogen functional groups attached to an aromatic ring is 1. The molecule has 0 bridgehead atoms. The van der Waals surface area contributed by atoms with E-state index in [0.717, 1.165) is 49.5 Å².